The molecule has 5 nitrogen and oxygen atoms in total. The van der Waals surface area contributed by atoms with Crippen LogP contribution < -0.4 is 10.6 Å². The van der Waals surface area contributed by atoms with Crippen LogP contribution in [0.4, 0.5) is 16.2 Å². The highest BCUT2D eigenvalue weighted by molar-refractivity contribution is 6.30. The molecule has 0 radical (unpaired) electrons. The van der Waals surface area contributed by atoms with Crippen LogP contribution in [0.15, 0.2) is 48.5 Å². The van der Waals surface area contributed by atoms with E-state index in [0.29, 0.717) is 22.0 Å². The highest BCUT2D eigenvalue weighted by atomic mass is 35.5. The Morgan fingerprint density at radius 2 is 1.67 bits per heavy atom. The van der Waals surface area contributed by atoms with Gasteiger partial charge in [-0.1, -0.05) is 17.7 Å². The number of amides is 2. The molecule has 0 unspecified atom stereocenters. The van der Waals surface area contributed by atoms with Crippen LogP contribution in [-0.2, 0) is 4.74 Å². The van der Waals surface area contributed by atoms with Gasteiger partial charge in [-0.2, -0.15) is 0 Å². The Kier molecular flexibility index (Phi) is 4.79. The van der Waals surface area contributed by atoms with Gasteiger partial charge < -0.3 is 15.4 Å². The van der Waals surface area contributed by atoms with Crippen LogP contribution in [0.1, 0.15) is 10.4 Å². The number of methoxy groups -OCH3 is 1. The largest absolute Gasteiger partial charge is 0.465 e. The molecule has 2 rings (SSSR count). The van der Waals surface area contributed by atoms with Crippen molar-refractivity contribution in [2.24, 2.45) is 0 Å². The topological polar surface area (TPSA) is 67.4 Å². The van der Waals surface area contributed by atoms with Crippen molar-refractivity contribution < 1.29 is 14.3 Å². The Hall–Kier alpha value is -2.53. The predicted octanol–water partition coefficient (Wildman–Crippen LogP) is 3.77. The molecule has 2 amide bonds. The summed E-state index contributed by atoms with van der Waals surface area (Å²) in [6.07, 6.45) is 0. The van der Waals surface area contributed by atoms with Crippen LogP contribution in [0, 0.1) is 0 Å². The van der Waals surface area contributed by atoms with Crippen molar-refractivity contribution in [3.63, 3.8) is 0 Å². The summed E-state index contributed by atoms with van der Waals surface area (Å²) < 4.78 is 4.60. The van der Waals surface area contributed by atoms with Gasteiger partial charge in [0.1, 0.15) is 0 Å². The summed E-state index contributed by atoms with van der Waals surface area (Å²) in [7, 11) is 1.31. The number of esters is 1. The van der Waals surface area contributed by atoms with Crippen LogP contribution in [0.2, 0.25) is 5.02 Å². The van der Waals surface area contributed by atoms with E-state index >= 15 is 0 Å². The normalized spacial score (nSPS) is 9.81. The molecule has 0 saturated heterocycles. The van der Waals surface area contributed by atoms with E-state index in [-0.39, 0.29) is 0 Å². The first-order valence-corrected chi connectivity index (χ1v) is 6.48. The van der Waals surface area contributed by atoms with Crippen LogP contribution in [-0.4, -0.2) is 19.1 Å². The first-order valence-electron chi connectivity index (χ1n) is 6.10. The third-order valence-corrected chi connectivity index (χ3v) is 2.88. The maximum absolute atomic E-state index is 11.8. The van der Waals surface area contributed by atoms with Gasteiger partial charge >= 0.3 is 12.0 Å². The van der Waals surface area contributed by atoms with Gasteiger partial charge in [0, 0.05) is 16.4 Å². The minimum atomic E-state index is -0.426. The number of anilines is 2. The van der Waals surface area contributed by atoms with Gasteiger partial charge in [0.2, 0.25) is 0 Å². The van der Waals surface area contributed by atoms with Crippen LogP contribution in [0.25, 0.3) is 0 Å². The second kappa shape index (κ2) is 6.76. The molecule has 0 saturated carbocycles. The van der Waals surface area contributed by atoms with Gasteiger partial charge in [0.05, 0.1) is 12.7 Å². The van der Waals surface area contributed by atoms with Crippen molar-refractivity contribution in [2.45, 2.75) is 0 Å². The Morgan fingerprint density at radius 1 is 1.00 bits per heavy atom. The molecule has 0 aliphatic rings. The summed E-state index contributed by atoms with van der Waals surface area (Å²) in [5, 5.41) is 5.84. The van der Waals surface area contributed by atoms with Crippen molar-refractivity contribution in [1.82, 2.24) is 0 Å². The Balaban J connectivity index is 1.98. The number of ether oxygens (including phenoxy) is 1. The summed E-state index contributed by atoms with van der Waals surface area (Å²) in [6, 6.07) is 12.8. The molecule has 0 aromatic heterocycles. The molecule has 2 aromatic carbocycles. The maximum Gasteiger partial charge on any atom is 0.337 e. The molecule has 0 aliphatic heterocycles. The number of halogens is 1. The standard InChI is InChI=1S/C15H13ClN2O3/c1-21-14(19)10-5-7-12(8-6-10)17-15(20)18-13-4-2-3-11(16)9-13/h2-9H,1H3,(H2,17,18,20). The van der Waals surface area contributed by atoms with E-state index in [4.69, 9.17) is 11.6 Å². The molecule has 6 heteroatoms. The minimum absolute atomic E-state index is 0.400. The average Bonchev–Trinajstić information content (AvgIpc) is 2.47. The number of benzene rings is 2. The minimum Gasteiger partial charge on any atom is -0.465 e. The smallest absolute Gasteiger partial charge is 0.337 e. The fourth-order valence-corrected chi connectivity index (χ4v) is 1.86. The Morgan fingerprint density at radius 3 is 2.29 bits per heavy atom. The van der Waals surface area contributed by atoms with E-state index in [9.17, 15) is 9.59 Å². The lowest BCUT2D eigenvalue weighted by molar-refractivity contribution is 0.0601. The molecule has 0 aliphatic carbocycles. The third kappa shape index (κ3) is 4.22. The highest BCUT2D eigenvalue weighted by Crippen LogP contribution is 2.16. The second-order valence-corrected chi connectivity index (χ2v) is 4.59. The van der Waals surface area contributed by atoms with Crippen LogP contribution >= 0.6 is 11.6 Å². The fraction of sp³-hybridized carbons (Fsp3) is 0.0667. The zero-order valence-corrected chi connectivity index (χ0v) is 12.0. The lowest BCUT2D eigenvalue weighted by Crippen LogP contribution is -2.19. The number of urea groups is 1. The van der Waals surface area contributed by atoms with Gasteiger partial charge in [-0.05, 0) is 42.5 Å². The number of hydrogen-bond donors (Lipinski definition) is 2. The molecule has 0 atom stereocenters. The SMILES string of the molecule is COC(=O)c1ccc(NC(=O)Nc2cccc(Cl)c2)cc1. The Bertz CT molecular complexity index is 656. The van der Waals surface area contributed by atoms with E-state index in [1.165, 1.54) is 7.11 Å². The summed E-state index contributed by atoms with van der Waals surface area (Å²) in [6.45, 7) is 0. The van der Waals surface area contributed by atoms with Crippen molar-refractivity contribution in [3.8, 4) is 0 Å². The molecule has 0 spiro atoms. The van der Waals surface area contributed by atoms with Crippen molar-refractivity contribution >= 4 is 35.0 Å². The zero-order chi connectivity index (χ0) is 15.2. The van der Waals surface area contributed by atoms with Crippen molar-refractivity contribution in [2.75, 3.05) is 17.7 Å². The number of hydrogen-bond acceptors (Lipinski definition) is 3. The molecule has 2 N–H and O–H groups in total. The first-order chi connectivity index (χ1) is 10.1. The van der Waals surface area contributed by atoms with Gasteiger partial charge in [0.25, 0.3) is 0 Å². The highest BCUT2D eigenvalue weighted by Gasteiger charge is 2.06. The molecule has 108 valence electrons. The molecule has 21 heavy (non-hydrogen) atoms. The lowest BCUT2D eigenvalue weighted by Gasteiger charge is -2.08. The van der Waals surface area contributed by atoms with E-state index in [1.807, 2.05) is 0 Å². The third-order valence-electron chi connectivity index (χ3n) is 2.65. The van der Waals surface area contributed by atoms with E-state index in [1.54, 1.807) is 48.5 Å². The van der Waals surface area contributed by atoms with Crippen LogP contribution in [0.5, 0.6) is 0 Å². The molecular formula is C15H13ClN2O3. The number of carbonyl (C=O) groups is 2. The van der Waals surface area contributed by atoms with Crippen molar-refractivity contribution in [3.05, 3.63) is 59.1 Å². The van der Waals surface area contributed by atoms with Gasteiger partial charge in [-0.25, -0.2) is 9.59 Å². The van der Waals surface area contributed by atoms with E-state index < -0.39 is 12.0 Å². The number of rotatable bonds is 3. The van der Waals surface area contributed by atoms with Gasteiger partial charge in [-0.3, -0.25) is 0 Å². The monoisotopic (exact) mass is 304 g/mol. The lowest BCUT2D eigenvalue weighted by atomic mass is 10.2. The second-order valence-electron chi connectivity index (χ2n) is 4.16. The van der Waals surface area contributed by atoms with E-state index in [0.717, 1.165) is 0 Å². The summed E-state index contributed by atoms with van der Waals surface area (Å²) in [4.78, 5) is 23.1. The number of carbonyl (C=O) groups excluding carboxylic acids is 2. The van der Waals surface area contributed by atoms with Crippen molar-refractivity contribution in [1.29, 1.82) is 0 Å². The number of nitrogens with one attached hydrogen (secondary N) is 2. The molecule has 2 aromatic rings. The summed E-state index contributed by atoms with van der Waals surface area (Å²) in [5.74, 6) is -0.426. The quantitative estimate of drug-likeness (QED) is 0.848. The summed E-state index contributed by atoms with van der Waals surface area (Å²) in [5.41, 5.74) is 1.56. The zero-order valence-electron chi connectivity index (χ0n) is 11.2. The average molecular weight is 305 g/mol. The molecule has 0 bridgehead atoms. The van der Waals surface area contributed by atoms with Gasteiger partial charge in [-0.15, -0.1) is 0 Å². The summed E-state index contributed by atoms with van der Waals surface area (Å²) >= 11 is 5.83. The molecule has 0 heterocycles. The predicted molar refractivity (Wildman–Crippen MR) is 81.9 cm³/mol. The molecular weight excluding hydrogens is 292 g/mol. The first kappa shape index (κ1) is 14.9. The Labute approximate surface area is 126 Å². The molecule has 0 fully saturated rings. The maximum atomic E-state index is 11.8. The van der Waals surface area contributed by atoms with Crippen LogP contribution in [0.3, 0.4) is 0 Å². The van der Waals surface area contributed by atoms with Gasteiger partial charge in [0.15, 0.2) is 0 Å². The van der Waals surface area contributed by atoms with E-state index in [2.05, 4.69) is 15.4 Å². The fourth-order valence-electron chi connectivity index (χ4n) is 1.67.